The highest BCUT2D eigenvalue weighted by Crippen LogP contribution is 2.39. The number of Topliss-reactive ketones (excluding diaryl/α,β-unsaturated/α-hetero) is 1. The van der Waals surface area contributed by atoms with E-state index in [4.69, 9.17) is 0 Å². The summed E-state index contributed by atoms with van der Waals surface area (Å²) in [6, 6.07) is 26.0. The number of hydrogen-bond donors (Lipinski definition) is 2. The molecule has 1 aliphatic carbocycles. The molecule has 2 aromatic heterocycles. The number of nitrogens with one attached hydrogen (secondary N) is 2. The van der Waals surface area contributed by atoms with Crippen LogP contribution in [-0.2, 0) is 30.7 Å². The molecular formula is C40H43N7O3. The van der Waals surface area contributed by atoms with Crippen LogP contribution in [0.2, 0.25) is 0 Å². The predicted octanol–water partition coefficient (Wildman–Crippen LogP) is 6.82. The van der Waals surface area contributed by atoms with E-state index in [0.717, 1.165) is 65.1 Å². The van der Waals surface area contributed by atoms with Crippen molar-refractivity contribution in [3.05, 3.63) is 124 Å². The molecule has 3 aromatic carbocycles. The molecule has 50 heavy (non-hydrogen) atoms. The van der Waals surface area contributed by atoms with Crippen molar-refractivity contribution in [2.45, 2.75) is 84.5 Å². The molecule has 0 spiro atoms. The highest BCUT2D eigenvalue weighted by Gasteiger charge is 2.33. The Morgan fingerprint density at radius 2 is 1.74 bits per heavy atom. The minimum absolute atomic E-state index is 0.0799. The first-order valence-corrected chi connectivity index (χ1v) is 17.6. The van der Waals surface area contributed by atoms with Crippen LogP contribution in [0.4, 0.5) is 11.4 Å². The van der Waals surface area contributed by atoms with Gasteiger partial charge in [-0.15, -0.1) is 5.10 Å². The van der Waals surface area contributed by atoms with Crippen molar-refractivity contribution in [2.24, 2.45) is 0 Å². The number of carbonyl (C=O) groups excluding carboxylic acids is 3. The molecule has 0 radical (unpaired) electrons. The van der Waals surface area contributed by atoms with Crippen molar-refractivity contribution < 1.29 is 14.4 Å². The zero-order chi connectivity index (χ0) is 34.8. The van der Waals surface area contributed by atoms with E-state index in [2.05, 4.69) is 51.5 Å². The molecule has 2 N–H and O–H groups in total. The minimum atomic E-state index is -0.180. The largest absolute Gasteiger partial charge is 0.378 e. The molecule has 7 rings (SSSR count). The van der Waals surface area contributed by atoms with Crippen molar-refractivity contribution in [2.75, 3.05) is 10.2 Å². The Morgan fingerprint density at radius 3 is 2.50 bits per heavy atom. The number of nitrogens with zero attached hydrogens (tertiary/aromatic N) is 5. The summed E-state index contributed by atoms with van der Waals surface area (Å²) in [5.41, 5.74) is 9.43. The van der Waals surface area contributed by atoms with Gasteiger partial charge >= 0.3 is 0 Å². The molecule has 2 aliphatic rings. The van der Waals surface area contributed by atoms with Gasteiger partial charge in [-0.05, 0) is 92.3 Å². The number of amides is 2. The molecule has 2 amide bonds. The first-order valence-electron chi connectivity index (χ1n) is 17.6. The summed E-state index contributed by atoms with van der Waals surface area (Å²) in [6.45, 7) is 7.06. The Balaban J connectivity index is 0.951. The van der Waals surface area contributed by atoms with Crippen molar-refractivity contribution in [1.82, 2.24) is 24.9 Å². The summed E-state index contributed by atoms with van der Waals surface area (Å²) in [5.74, 6) is 0.204. The average Bonchev–Trinajstić information content (AvgIpc) is 3.76. The quantitative estimate of drug-likeness (QED) is 0.169. The van der Waals surface area contributed by atoms with Crippen LogP contribution in [0, 0.1) is 0 Å². The number of hydrogen-bond acceptors (Lipinski definition) is 6. The fourth-order valence-electron chi connectivity index (χ4n) is 7.33. The molecule has 0 unspecified atom stereocenters. The fourth-order valence-corrected chi connectivity index (χ4v) is 7.33. The van der Waals surface area contributed by atoms with Crippen LogP contribution in [0.25, 0.3) is 5.69 Å². The first-order chi connectivity index (χ1) is 24.3. The Morgan fingerprint density at radius 1 is 0.960 bits per heavy atom. The molecule has 3 heterocycles. The monoisotopic (exact) mass is 669 g/mol. The fraction of sp³-hybridized carbons (Fsp3) is 0.325. The lowest BCUT2D eigenvalue weighted by Gasteiger charge is -2.40. The Kier molecular flexibility index (Phi) is 9.34. The van der Waals surface area contributed by atoms with Gasteiger partial charge in [0.25, 0.3) is 5.91 Å². The van der Waals surface area contributed by atoms with Gasteiger partial charge in [-0.25, -0.2) is 4.68 Å². The second-order valence-electron chi connectivity index (χ2n) is 13.3. The van der Waals surface area contributed by atoms with Gasteiger partial charge in [0, 0.05) is 59.3 Å². The Bertz CT molecular complexity index is 2030. The summed E-state index contributed by atoms with van der Waals surface area (Å²) in [6.07, 6.45) is 6.43. The predicted molar refractivity (Wildman–Crippen MR) is 194 cm³/mol. The van der Waals surface area contributed by atoms with Crippen LogP contribution < -0.4 is 15.5 Å². The van der Waals surface area contributed by atoms with Crippen molar-refractivity contribution in [3.63, 3.8) is 0 Å². The molecule has 0 saturated carbocycles. The van der Waals surface area contributed by atoms with Gasteiger partial charge < -0.3 is 20.1 Å². The van der Waals surface area contributed by atoms with E-state index >= 15 is 0 Å². The van der Waals surface area contributed by atoms with Crippen molar-refractivity contribution in [1.29, 1.82) is 0 Å². The maximum Gasteiger partial charge on any atom is 0.251 e. The number of para-hydroxylation sites is 1. The second kappa shape index (κ2) is 14.2. The zero-order valence-corrected chi connectivity index (χ0v) is 28.9. The SMILES string of the molecule is CCC(=O)N1c2ccccc2[C@H](Nc2ccc(-n3cc(CNC(=O)c4ccc(Cn5c(CC)cc6c5CCCC6=O)cc4)nn3)cc2)C[C@@H]1C. The van der Waals surface area contributed by atoms with Crippen LogP contribution in [-0.4, -0.2) is 43.2 Å². The van der Waals surface area contributed by atoms with Crippen LogP contribution >= 0.6 is 0 Å². The molecular weight excluding hydrogens is 626 g/mol. The first kappa shape index (κ1) is 33.0. The molecule has 0 bridgehead atoms. The van der Waals surface area contributed by atoms with Crippen LogP contribution in [0.1, 0.15) is 101 Å². The summed E-state index contributed by atoms with van der Waals surface area (Å²) >= 11 is 0. The summed E-state index contributed by atoms with van der Waals surface area (Å²) in [7, 11) is 0. The number of rotatable bonds is 10. The van der Waals surface area contributed by atoms with Gasteiger partial charge in [-0.3, -0.25) is 14.4 Å². The van der Waals surface area contributed by atoms with Gasteiger partial charge in [-0.1, -0.05) is 49.4 Å². The number of benzene rings is 3. The number of fused-ring (bicyclic) bond motifs is 2. The molecule has 256 valence electrons. The van der Waals surface area contributed by atoms with Crippen molar-refractivity contribution in [3.8, 4) is 5.69 Å². The molecule has 10 nitrogen and oxygen atoms in total. The van der Waals surface area contributed by atoms with E-state index < -0.39 is 0 Å². The molecule has 0 saturated heterocycles. The molecule has 2 atom stereocenters. The minimum Gasteiger partial charge on any atom is -0.378 e. The van der Waals surface area contributed by atoms with Gasteiger partial charge in [0.2, 0.25) is 5.91 Å². The number of ketones is 1. The lowest BCUT2D eigenvalue weighted by molar-refractivity contribution is -0.118. The van der Waals surface area contributed by atoms with E-state index in [1.807, 2.05) is 84.8 Å². The molecule has 5 aromatic rings. The summed E-state index contributed by atoms with van der Waals surface area (Å²) in [5, 5.41) is 15.2. The standard InChI is InChI=1S/C40H43N7O3/c1-4-31-22-34-36(11-8-12-38(34)48)45(31)24-27-13-15-28(16-14-27)40(50)41-23-30-25-46(44-43-30)32-19-17-29(18-20-32)42-35-21-26(3)47(39(49)5-2)37-10-7-6-9-33(35)37/h6-7,9-10,13-20,22,25-26,35,42H,4-5,8,11-12,21,23-24H2,1-3H3,(H,41,50)/t26-,35+/m0/s1. The van der Waals surface area contributed by atoms with E-state index in [0.29, 0.717) is 30.6 Å². The lowest BCUT2D eigenvalue weighted by atomic mass is 9.91. The van der Waals surface area contributed by atoms with E-state index in [1.165, 1.54) is 5.69 Å². The number of aromatic nitrogens is 4. The summed E-state index contributed by atoms with van der Waals surface area (Å²) in [4.78, 5) is 40.0. The number of carbonyl (C=O) groups is 3. The van der Waals surface area contributed by atoms with Crippen LogP contribution in [0.3, 0.4) is 0 Å². The molecule has 1 aliphatic heterocycles. The van der Waals surface area contributed by atoms with Gasteiger partial charge in [0.15, 0.2) is 5.78 Å². The third kappa shape index (κ3) is 6.57. The van der Waals surface area contributed by atoms with E-state index in [9.17, 15) is 14.4 Å². The smallest absolute Gasteiger partial charge is 0.251 e. The number of anilines is 2. The van der Waals surface area contributed by atoms with E-state index in [1.54, 1.807) is 4.68 Å². The summed E-state index contributed by atoms with van der Waals surface area (Å²) < 4.78 is 3.97. The maximum atomic E-state index is 13.0. The van der Waals surface area contributed by atoms with Crippen LogP contribution in [0.5, 0.6) is 0 Å². The topological polar surface area (TPSA) is 114 Å². The third-order valence-corrected chi connectivity index (χ3v) is 9.94. The lowest BCUT2D eigenvalue weighted by Crippen LogP contribution is -2.44. The third-order valence-electron chi connectivity index (χ3n) is 9.94. The Hall–Kier alpha value is -5.51. The average molecular weight is 670 g/mol. The zero-order valence-electron chi connectivity index (χ0n) is 28.9. The van der Waals surface area contributed by atoms with Gasteiger partial charge in [-0.2, -0.15) is 0 Å². The van der Waals surface area contributed by atoms with Gasteiger partial charge in [0.05, 0.1) is 24.5 Å². The van der Waals surface area contributed by atoms with E-state index in [-0.39, 0.29) is 36.2 Å². The normalized spacial score (nSPS) is 16.9. The maximum absolute atomic E-state index is 13.0. The van der Waals surface area contributed by atoms with Crippen LogP contribution in [0.15, 0.2) is 85.1 Å². The highest BCUT2D eigenvalue weighted by atomic mass is 16.2. The van der Waals surface area contributed by atoms with Gasteiger partial charge in [0.1, 0.15) is 5.69 Å². The second-order valence-corrected chi connectivity index (χ2v) is 13.3. The Labute approximate surface area is 292 Å². The van der Waals surface area contributed by atoms with Crippen molar-refractivity contribution >= 4 is 29.0 Å². The number of aryl methyl sites for hydroxylation is 1. The molecule has 10 heteroatoms. The highest BCUT2D eigenvalue weighted by molar-refractivity contribution is 5.98. The molecule has 0 fully saturated rings.